The van der Waals surface area contributed by atoms with Gasteiger partial charge in [-0.3, -0.25) is 4.79 Å². The van der Waals surface area contributed by atoms with Crippen molar-refractivity contribution in [3.05, 3.63) is 51.6 Å². The minimum atomic E-state index is -0.690. The molecule has 0 saturated carbocycles. The molecule has 4 nitrogen and oxygen atoms in total. The maximum atomic E-state index is 13.5. The van der Waals surface area contributed by atoms with Crippen molar-refractivity contribution in [1.82, 2.24) is 9.97 Å². The SMILES string of the molecule is O=C(Nc1cnc(Br)cn1)c1ccc(Cl)cc1F. The molecule has 0 unspecified atom stereocenters. The Kier molecular flexibility index (Phi) is 3.88. The number of nitrogens with zero attached hydrogens (tertiary/aromatic N) is 2. The predicted octanol–water partition coefficient (Wildman–Crippen LogP) is 3.28. The second kappa shape index (κ2) is 5.41. The van der Waals surface area contributed by atoms with E-state index in [9.17, 15) is 9.18 Å². The van der Waals surface area contributed by atoms with Crippen LogP contribution >= 0.6 is 27.5 Å². The smallest absolute Gasteiger partial charge is 0.259 e. The number of hydrogen-bond acceptors (Lipinski definition) is 3. The number of aromatic nitrogens is 2. The molecular formula is C11H6BrClFN3O. The van der Waals surface area contributed by atoms with Gasteiger partial charge >= 0.3 is 0 Å². The van der Waals surface area contributed by atoms with Gasteiger partial charge in [-0.05, 0) is 34.1 Å². The van der Waals surface area contributed by atoms with Crippen molar-refractivity contribution in [2.75, 3.05) is 5.32 Å². The van der Waals surface area contributed by atoms with E-state index in [2.05, 4.69) is 31.2 Å². The van der Waals surface area contributed by atoms with Crippen molar-refractivity contribution >= 4 is 39.3 Å². The summed E-state index contributed by atoms with van der Waals surface area (Å²) in [5.74, 6) is -1.07. The Morgan fingerprint density at radius 1 is 1.33 bits per heavy atom. The molecule has 0 aliphatic rings. The molecule has 0 fully saturated rings. The maximum absolute atomic E-state index is 13.5. The first-order valence-corrected chi connectivity index (χ1v) is 5.97. The Labute approximate surface area is 115 Å². The third-order valence-corrected chi connectivity index (χ3v) is 2.68. The lowest BCUT2D eigenvalue weighted by molar-refractivity contribution is 0.102. The average Bonchev–Trinajstić information content (AvgIpc) is 2.32. The molecular weight excluding hydrogens is 324 g/mol. The Morgan fingerprint density at radius 2 is 2.11 bits per heavy atom. The van der Waals surface area contributed by atoms with Crippen LogP contribution in [-0.4, -0.2) is 15.9 Å². The van der Waals surface area contributed by atoms with Crippen molar-refractivity contribution in [2.24, 2.45) is 0 Å². The second-order valence-electron chi connectivity index (χ2n) is 3.30. The molecule has 1 N–H and O–H groups in total. The van der Waals surface area contributed by atoms with Crippen LogP contribution in [0.15, 0.2) is 35.2 Å². The highest BCUT2D eigenvalue weighted by atomic mass is 79.9. The fourth-order valence-corrected chi connectivity index (χ4v) is 1.60. The van der Waals surface area contributed by atoms with Gasteiger partial charge in [0.2, 0.25) is 0 Å². The zero-order chi connectivity index (χ0) is 13.1. The normalized spacial score (nSPS) is 10.2. The summed E-state index contributed by atoms with van der Waals surface area (Å²) in [5.41, 5.74) is -0.107. The number of nitrogens with one attached hydrogen (secondary N) is 1. The van der Waals surface area contributed by atoms with Gasteiger partial charge < -0.3 is 5.32 Å². The van der Waals surface area contributed by atoms with Gasteiger partial charge in [0.1, 0.15) is 10.4 Å². The fraction of sp³-hybridized carbons (Fsp3) is 0. The van der Waals surface area contributed by atoms with Crippen molar-refractivity contribution in [3.63, 3.8) is 0 Å². The van der Waals surface area contributed by atoms with E-state index >= 15 is 0 Å². The van der Waals surface area contributed by atoms with Crippen LogP contribution in [-0.2, 0) is 0 Å². The molecule has 0 spiro atoms. The highest BCUT2D eigenvalue weighted by Crippen LogP contribution is 2.16. The number of benzene rings is 1. The van der Waals surface area contributed by atoms with Crippen molar-refractivity contribution in [1.29, 1.82) is 0 Å². The molecule has 0 aliphatic heterocycles. The van der Waals surface area contributed by atoms with Crippen LogP contribution < -0.4 is 5.32 Å². The number of anilines is 1. The summed E-state index contributed by atoms with van der Waals surface area (Å²) < 4.78 is 14.0. The molecule has 1 aromatic carbocycles. The molecule has 0 radical (unpaired) electrons. The minimum absolute atomic E-state index is 0.107. The molecule has 0 saturated heterocycles. The molecule has 0 bridgehead atoms. The first-order valence-electron chi connectivity index (χ1n) is 4.80. The second-order valence-corrected chi connectivity index (χ2v) is 4.55. The number of amides is 1. The van der Waals surface area contributed by atoms with Crippen LogP contribution in [0.3, 0.4) is 0 Å². The molecule has 18 heavy (non-hydrogen) atoms. The highest BCUT2D eigenvalue weighted by Gasteiger charge is 2.12. The third kappa shape index (κ3) is 3.02. The first-order chi connectivity index (χ1) is 8.56. The van der Waals surface area contributed by atoms with Gasteiger partial charge in [-0.2, -0.15) is 0 Å². The van der Waals surface area contributed by atoms with Crippen LogP contribution in [0.2, 0.25) is 5.02 Å². The van der Waals surface area contributed by atoms with Gasteiger partial charge in [-0.15, -0.1) is 0 Å². The Hall–Kier alpha value is -1.53. The summed E-state index contributed by atoms with van der Waals surface area (Å²) in [4.78, 5) is 19.5. The van der Waals surface area contributed by atoms with E-state index in [1.54, 1.807) is 0 Å². The lowest BCUT2D eigenvalue weighted by Crippen LogP contribution is -2.14. The summed E-state index contributed by atoms with van der Waals surface area (Å²) >= 11 is 8.72. The first kappa shape index (κ1) is 12.9. The van der Waals surface area contributed by atoms with Crippen molar-refractivity contribution in [2.45, 2.75) is 0 Å². The summed E-state index contributed by atoms with van der Waals surface area (Å²) in [5, 5.41) is 2.66. The van der Waals surface area contributed by atoms with E-state index in [0.29, 0.717) is 4.60 Å². The van der Waals surface area contributed by atoms with Gasteiger partial charge in [0.25, 0.3) is 5.91 Å². The summed E-state index contributed by atoms with van der Waals surface area (Å²) in [6.45, 7) is 0. The van der Waals surface area contributed by atoms with Crippen LogP contribution in [0.5, 0.6) is 0 Å². The number of carbonyl (C=O) groups is 1. The van der Waals surface area contributed by atoms with Crippen molar-refractivity contribution < 1.29 is 9.18 Å². The Morgan fingerprint density at radius 3 is 2.72 bits per heavy atom. The summed E-state index contributed by atoms with van der Waals surface area (Å²) in [6.07, 6.45) is 2.78. The topological polar surface area (TPSA) is 54.9 Å². The molecule has 0 aliphatic carbocycles. The molecule has 92 valence electrons. The molecule has 0 atom stereocenters. The third-order valence-electron chi connectivity index (χ3n) is 2.04. The number of hydrogen-bond donors (Lipinski definition) is 1. The zero-order valence-corrected chi connectivity index (χ0v) is 11.2. The number of rotatable bonds is 2. The van der Waals surface area contributed by atoms with E-state index in [-0.39, 0.29) is 16.4 Å². The molecule has 1 amide bonds. The van der Waals surface area contributed by atoms with E-state index in [1.807, 2.05) is 0 Å². The Balaban J connectivity index is 2.19. The van der Waals surface area contributed by atoms with E-state index in [1.165, 1.54) is 24.5 Å². The monoisotopic (exact) mass is 329 g/mol. The van der Waals surface area contributed by atoms with Crippen LogP contribution in [0, 0.1) is 5.82 Å². The van der Waals surface area contributed by atoms with Gasteiger partial charge in [0.05, 0.1) is 18.0 Å². The zero-order valence-electron chi connectivity index (χ0n) is 8.82. The fourth-order valence-electron chi connectivity index (χ4n) is 1.23. The largest absolute Gasteiger partial charge is 0.305 e. The standard InChI is InChI=1S/C11H6BrClFN3O/c12-9-4-16-10(5-15-9)17-11(18)7-2-1-6(13)3-8(7)14/h1-5H,(H,16,17,18). The van der Waals surface area contributed by atoms with E-state index in [0.717, 1.165) is 6.07 Å². The molecule has 2 aromatic rings. The summed E-state index contributed by atoms with van der Waals surface area (Å²) in [6, 6.07) is 3.82. The predicted molar refractivity (Wildman–Crippen MR) is 69.1 cm³/mol. The van der Waals surface area contributed by atoms with Crippen LogP contribution in [0.25, 0.3) is 0 Å². The summed E-state index contributed by atoms with van der Waals surface area (Å²) in [7, 11) is 0. The lowest BCUT2D eigenvalue weighted by Gasteiger charge is -2.05. The molecule has 1 aromatic heterocycles. The van der Waals surface area contributed by atoms with Crippen LogP contribution in [0.1, 0.15) is 10.4 Å². The number of carbonyl (C=O) groups excluding carboxylic acids is 1. The maximum Gasteiger partial charge on any atom is 0.259 e. The van der Waals surface area contributed by atoms with E-state index < -0.39 is 11.7 Å². The quantitative estimate of drug-likeness (QED) is 0.919. The highest BCUT2D eigenvalue weighted by molar-refractivity contribution is 9.10. The van der Waals surface area contributed by atoms with E-state index in [4.69, 9.17) is 11.6 Å². The molecule has 1 heterocycles. The lowest BCUT2D eigenvalue weighted by atomic mass is 10.2. The van der Waals surface area contributed by atoms with Gasteiger partial charge in [-0.25, -0.2) is 14.4 Å². The van der Waals surface area contributed by atoms with Gasteiger partial charge in [0.15, 0.2) is 5.82 Å². The number of halogens is 3. The van der Waals surface area contributed by atoms with Crippen molar-refractivity contribution in [3.8, 4) is 0 Å². The van der Waals surface area contributed by atoms with Gasteiger partial charge in [0, 0.05) is 5.02 Å². The average molecular weight is 331 g/mol. The molecule has 2 rings (SSSR count). The van der Waals surface area contributed by atoms with Crippen LogP contribution in [0.4, 0.5) is 10.2 Å². The molecule has 7 heteroatoms. The van der Waals surface area contributed by atoms with Gasteiger partial charge in [-0.1, -0.05) is 11.6 Å². The minimum Gasteiger partial charge on any atom is -0.305 e. The Bertz CT molecular complexity index is 591.